The number of thioether (sulfide) groups is 1. The molecule has 1 N–H and O–H groups in total. The van der Waals surface area contributed by atoms with Gasteiger partial charge in [0.15, 0.2) is 11.5 Å². The summed E-state index contributed by atoms with van der Waals surface area (Å²) in [6.45, 7) is 0.577. The molecule has 0 saturated heterocycles. The van der Waals surface area contributed by atoms with Crippen LogP contribution >= 0.6 is 23.1 Å². The zero-order valence-electron chi connectivity index (χ0n) is 17.8. The quantitative estimate of drug-likeness (QED) is 0.459. The van der Waals surface area contributed by atoms with Crippen LogP contribution < -0.4 is 19.5 Å². The molecule has 0 aliphatic carbocycles. The number of methoxy groups -OCH3 is 3. The van der Waals surface area contributed by atoms with Gasteiger partial charge in [-0.3, -0.25) is 4.79 Å². The van der Waals surface area contributed by atoms with Gasteiger partial charge in [0.25, 0.3) is 0 Å². The normalized spacial score (nSPS) is 10.5. The lowest BCUT2D eigenvalue weighted by Gasteiger charge is -2.10. The van der Waals surface area contributed by atoms with Crippen molar-refractivity contribution < 1.29 is 19.0 Å². The predicted molar refractivity (Wildman–Crippen MR) is 127 cm³/mol. The van der Waals surface area contributed by atoms with Crippen LogP contribution in [-0.4, -0.2) is 44.5 Å². The summed E-state index contributed by atoms with van der Waals surface area (Å²) in [7, 11) is 4.88. The van der Waals surface area contributed by atoms with E-state index in [0.717, 1.165) is 34.0 Å². The van der Waals surface area contributed by atoms with Crippen LogP contribution in [0.15, 0.2) is 47.8 Å². The van der Waals surface area contributed by atoms with Crippen molar-refractivity contribution in [2.75, 3.05) is 33.6 Å². The van der Waals surface area contributed by atoms with E-state index >= 15 is 0 Å². The molecule has 0 unspecified atom stereocenters. The van der Waals surface area contributed by atoms with Crippen molar-refractivity contribution in [2.45, 2.75) is 12.2 Å². The van der Waals surface area contributed by atoms with Gasteiger partial charge < -0.3 is 19.5 Å². The van der Waals surface area contributed by atoms with Gasteiger partial charge in [0.1, 0.15) is 10.8 Å². The minimum absolute atomic E-state index is 0.0242. The number of nitrogens with zero attached hydrogens (tertiary/aromatic N) is 1. The molecule has 31 heavy (non-hydrogen) atoms. The largest absolute Gasteiger partial charge is 0.497 e. The van der Waals surface area contributed by atoms with Gasteiger partial charge in [-0.15, -0.1) is 23.1 Å². The highest BCUT2D eigenvalue weighted by Crippen LogP contribution is 2.28. The summed E-state index contributed by atoms with van der Waals surface area (Å²) >= 11 is 3.17. The first-order valence-corrected chi connectivity index (χ1v) is 11.8. The average molecular weight is 459 g/mol. The van der Waals surface area contributed by atoms with E-state index in [0.29, 0.717) is 29.5 Å². The SMILES string of the molecule is COc1ccc(-c2nc(CSCC(=O)NCCc3ccc(OC)c(OC)c3)cs2)cc1. The fraction of sp³-hybridized carbons (Fsp3) is 0.304. The van der Waals surface area contributed by atoms with E-state index in [9.17, 15) is 4.79 Å². The summed E-state index contributed by atoms with van der Waals surface area (Å²) in [6.07, 6.45) is 0.730. The summed E-state index contributed by atoms with van der Waals surface area (Å²) in [5.41, 5.74) is 3.13. The molecule has 0 radical (unpaired) electrons. The van der Waals surface area contributed by atoms with Crippen LogP contribution in [0.2, 0.25) is 0 Å². The molecule has 6 nitrogen and oxygen atoms in total. The van der Waals surface area contributed by atoms with E-state index in [1.54, 1.807) is 44.4 Å². The molecule has 0 aliphatic heterocycles. The first-order chi connectivity index (χ1) is 15.1. The van der Waals surface area contributed by atoms with Gasteiger partial charge in [-0.2, -0.15) is 0 Å². The van der Waals surface area contributed by atoms with Crippen molar-refractivity contribution in [1.29, 1.82) is 0 Å². The molecule has 164 valence electrons. The Kier molecular flexibility index (Phi) is 8.61. The monoisotopic (exact) mass is 458 g/mol. The van der Waals surface area contributed by atoms with Gasteiger partial charge >= 0.3 is 0 Å². The zero-order valence-corrected chi connectivity index (χ0v) is 19.5. The fourth-order valence-corrected chi connectivity index (χ4v) is 4.60. The molecule has 3 rings (SSSR count). The summed E-state index contributed by atoms with van der Waals surface area (Å²) < 4.78 is 15.7. The number of nitrogens with one attached hydrogen (secondary N) is 1. The van der Waals surface area contributed by atoms with E-state index in [1.807, 2.05) is 47.8 Å². The molecule has 0 saturated carbocycles. The van der Waals surface area contributed by atoms with Crippen molar-refractivity contribution in [3.05, 3.63) is 59.1 Å². The molecule has 1 aromatic heterocycles. The second kappa shape index (κ2) is 11.6. The minimum Gasteiger partial charge on any atom is -0.497 e. The van der Waals surface area contributed by atoms with Crippen molar-refractivity contribution in [2.24, 2.45) is 0 Å². The number of amides is 1. The maximum atomic E-state index is 12.1. The highest BCUT2D eigenvalue weighted by molar-refractivity contribution is 7.99. The molecular formula is C23H26N2O4S2. The van der Waals surface area contributed by atoms with Crippen molar-refractivity contribution in [1.82, 2.24) is 10.3 Å². The summed E-state index contributed by atoms with van der Waals surface area (Å²) in [5.74, 6) is 3.35. The highest BCUT2D eigenvalue weighted by Gasteiger charge is 2.08. The molecule has 0 bridgehead atoms. The van der Waals surface area contributed by atoms with E-state index in [2.05, 4.69) is 10.3 Å². The lowest BCUT2D eigenvalue weighted by Crippen LogP contribution is -2.27. The number of thiazole rings is 1. The predicted octanol–water partition coefficient (Wildman–Crippen LogP) is 4.43. The third-order valence-corrected chi connectivity index (χ3v) is 6.46. The Morgan fingerprint density at radius 2 is 1.81 bits per heavy atom. The minimum atomic E-state index is 0.0242. The van der Waals surface area contributed by atoms with Crippen LogP contribution in [0.3, 0.4) is 0 Å². The maximum Gasteiger partial charge on any atom is 0.230 e. The third-order valence-electron chi connectivity index (χ3n) is 4.56. The Morgan fingerprint density at radius 3 is 2.52 bits per heavy atom. The van der Waals surface area contributed by atoms with Crippen LogP contribution in [-0.2, 0) is 17.0 Å². The number of aromatic nitrogens is 1. The van der Waals surface area contributed by atoms with E-state index < -0.39 is 0 Å². The topological polar surface area (TPSA) is 69.7 Å². The second-order valence-corrected chi connectivity index (χ2v) is 8.50. The number of ether oxygens (including phenoxy) is 3. The van der Waals surface area contributed by atoms with E-state index in [1.165, 1.54) is 0 Å². The van der Waals surface area contributed by atoms with Crippen LogP contribution in [0.25, 0.3) is 10.6 Å². The zero-order chi connectivity index (χ0) is 22.1. The molecule has 2 aromatic carbocycles. The standard InChI is InChI=1S/C23H26N2O4S2/c1-27-19-7-5-17(6-8-19)23-25-18(14-31-23)13-30-15-22(26)24-11-10-16-4-9-20(28-2)21(12-16)29-3/h4-9,12,14H,10-11,13,15H2,1-3H3,(H,24,26). The van der Waals surface area contributed by atoms with Gasteiger partial charge in [0.2, 0.25) is 5.91 Å². The number of carbonyl (C=O) groups is 1. The third kappa shape index (κ3) is 6.63. The summed E-state index contributed by atoms with van der Waals surface area (Å²) in [5, 5.41) is 5.98. The van der Waals surface area contributed by atoms with Crippen LogP contribution in [0.5, 0.6) is 17.2 Å². The molecule has 3 aromatic rings. The Morgan fingerprint density at radius 1 is 1.03 bits per heavy atom. The van der Waals surface area contributed by atoms with E-state index in [4.69, 9.17) is 14.2 Å². The van der Waals surface area contributed by atoms with Gasteiger partial charge in [-0.25, -0.2) is 4.98 Å². The molecule has 0 atom stereocenters. The molecule has 0 aliphatic rings. The summed E-state index contributed by atoms with van der Waals surface area (Å²) in [6, 6.07) is 13.6. The maximum absolute atomic E-state index is 12.1. The van der Waals surface area contributed by atoms with Crippen molar-refractivity contribution in [3.8, 4) is 27.8 Å². The first-order valence-electron chi connectivity index (χ1n) is 9.77. The van der Waals surface area contributed by atoms with Gasteiger partial charge in [0.05, 0.1) is 32.8 Å². The summed E-state index contributed by atoms with van der Waals surface area (Å²) in [4.78, 5) is 16.8. The smallest absolute Gasteiger partial charge is 0.230 e. The Labute approximate surface area is 191 Å². The van der Waals surface area contributed by atoms with Gasteiger partial charge in [-0.05, 0) is 48.4 Å². The van der Waals surface area contributed by atoms with Crippen LogP contribution in [0.1, 0.15) is 11.3 Å². The number of benzene rings is 2. The molecule has 8 heteroatoms. The average Bonchev–Trinajstić information content (AvgIpc) is 3.28. The van der Waals surface area contributed by atoms with Crippen molar-refractivity contribution in [3.63, 3.8) is 0 Å². The Balaban J connectivity index is 1.39. The number of carbonyl (C=O) groups excluding carboxylic acids is 1. The number of hydrogen-bond acceptors (Lipinski definition) is 7. The molecule has 0 fully saturated rings. The van der Waals surface area contributed by atoms with Gasteiger partial charge in [0, 0.05) is 23.2 Å². The molecule has 1 heterocycles. The molecule has 0 spiro atoms. The fourth-order valence-electron chi connectivity index (χ4n) is 2.92. The molecule has 1 amide bonds. The van der Waals surface area contributed by atoms with E-state index in [-0.39, 0.29) is 5.91 Å². The first kappa shape index (κ1) is 23.0. The van der Waals surface area contributed by atoms with Crippen LogP contribution in [0, 0.1) is 0 Å². The lowest BCUT2D eigenvalue weighted by molar-refractivity contribution is -0.118. The lowest BCUT2D eigenvalue weighted by atomic mass is 10.1. The second-order valence-electron chi connectivity index (χ2n) is 6.65. The highest BCUT2D eigenvalue weighted by atomic mass is 32.2. The Hall–Kier alpha value is -2.71. The Bertz CT molecular complexity index is 989. The number of rotatable bonds is 11. The van der Waals surface area contributed by atoms with Crippen molar-refractivity contribution >= 4 is 29.0 Å². The van der Waals surface area contributed by atoms with Crippen LogP contribution in [0.4, 0.5) is 0 Å². The number of hydrogen-bond donors (Lipinski definition) is 1. The molecular weight excluding hydrogens is 432 g/mol. The van der Waals surface area contributed by atoms with Gasteiger partial charge in [-0.1, -0.05) is 6.07 Å².